The Morgan fingerprint density at radius 3 is 2.16 bits per heavy atom. The molecule has 0 fully saturated rings. The summed E-state index contributed by atoms with van der Waals surface area (Å²) in [7, 11) is -4.00. The van der Waals surface area contributed by atoms with Crippen molar-refractivity contribution in [3.05, 3.63) is 109 Å². The molecule has 2 aromatic heterocycles. The number of aromatic nitrogens is 3. The minimum absolute atomic E-state index is 0.0741. The molecule has 0 saturated heterocycles. The van der Waals surface area contributed by atoms with Gasteiger partial charge < -0.3 is 5.32 Å². The molecular formula is C26H18F4N4O3S. The molecule has 0 aliphatic rings. The number of nitrogens with one attached hydrogen (secondary N) is 1. The van der Waals surface area contributed by atoms with Crippen molar-refractivity contribution in [2.45, 2.75) is 11.1 Å². The Bertz CT molecular complexity index is 1660. The molecular weight excluding hydrogens is 524 g/mol. The highest BCUT2D eigenvalue weighted by Crippen LogP contribution is 2.31. The van der Waals surface area contributed by atoms with Gasteiger partial charge in [0.25, 0.3) is 10.1 Å². The predicted molar refractivity (Wildman–Crippen MR) is 134 cm³/mol. The molecule has 0 bridgehead atoms. The summed E-state index contributed by atoms with van der Waals surface area (Å²) in [5, 5.41) is 3.56. The third-order valence-corrected chi connectivity index (χ3v) is 6.03. The predicted octanol–water partition coefficient (Wildman–Crippen LogP) is 6.53. The van der Waals surface area contributed by atoms with Gasteiger partial charge in [0.2, 0.25) is 0 Å². The van der Waals surface area contributed by atoms with E-state index < -0.39 is 27.7 Å². The number of nitrogens with zero attached hydrogens (tertiary/aromatic N) is 3. The fourth-order valence-electron chi connectivity index (χ4n) is 3.34. The van der Waals surface area contributed by atoms with E-state index in [1.54, 1.807) is 42.6 Å². The molecule has 38 heavy (non-hydrogen) atoms. The zero-order chi connectivity index (χ0) is 27.3. The zero-order valence-electron chi connectivity index (χ0n) is 19.3. The van der Waals surface area contributed by atoms with Crippen LogP contribution in [0.25, 0.3) is 22.2 Å². The number of benzene rings is 3. The lowest BCUT2D eigenvalue weighted by molar-refractivity contribution is -0.137. The quantitative estimate of drug-likeness (QED) is 0.197. The van der Waals surface area contributed by atoms with E-state index in [1.807, 2.05) is 0 Å². The van der Waals surface area contributed by atoms with E-state index in [0.717, 1.165) is 12.1 Å². The first-order valence-electron chi connectivity index (χ1n) is 10.8. The Hall–Kier alpha value is -4.42. The van der Waals surface area contributed by atoms with Crippen LogP contribution in [0.2, 0.25) is 0 Å². The molecule has 0 saturated carbocycles. The Kier molecular flexibility index (Phi) is 7.65. The van der Waals surface area contributed by atoms with E-state index >= 15 is 0 Å². The Morgan fingerprint density at radius 1 is 0.816 bits per heavy atom. The second kappa shape index (κ2) is 10.9. The van der Waals surface area contributed by atoms with Crippen molar-refractivity contribution < 1.29 is 30.5 Å². The second-order valence-electron chi connectivity index (χ2n) is 7.80. The molecule has 5 aromatic rings. The van der Waals surface area contributed by atoms with Gasteiger partial charge in [-0.25, -0.2) is 14.4 Å². The fourth-order valence-corrected chi connectivity index (χ4v) is 3.85. The maximum absolute atomic E-state index is 14.5. The highest BCUT2D eigenvalue weighted by atomic mass is 32.2. The van der Waals surface area contributed by atoms with E-state index in [4.69, 9.17) is 4.55 Å². The molecule has 12 heteroatoms. The van der Waals surface area contributed by atoms with Gasteiger partial charge in [0.15, 0.2) is 0 Å². The summed E-state index contributed by atoms with van der Waals surface area (Å²) >= 11 is 0. The molecule has 0 aliphatic carbocycles. The van der Waals surface area contributed by atoms with Crippen LogP contribution in [0.3, 0.4) is 0 Å². The highest BCUT2D eigenvalue weighted by Gasteiger charge is 2.29. The van der Waals surface area contributed by atoms with Gasteiger partial charge in [0.05, 0.1) is 21.7 Å². The van der Waals surface area contributed by atoms with Crippen molar-refractivity contribution in [1.29, 1.82) is 0 Å². The number of hydrogen-bond acceptors (Lipinski definition) is 6. The number of rotatable bonds is 4. The Morgan fingerprint density at radius 2 is 1.53 bits per heavy atom. The molecule has 0 spiro atoms. The fraction of sp³-hybridized carbons (Fsp3) is 0.0385. The van der Waals surface area contributed by atoms with E-state index in [1.165, 1.54) is 42.7 Å². The van der Waals surface area contributed by atoms with Crippen LogP contribution in [0.4, 0.5) is 29.1 Å². The van der Waals surface area contributed by atoms with Gasteiger partial charge in [0, 0.05) is 28.9 Å². The minimum Gasteiger partial charge on any atom is -0.340 e. The molecule has 2 heterocycles. The van der Waals surface area contributed by atoms with Crippen LogP contribution < -0.4 is 5.32 Å². The molecule has 0 radical (unpaired) electrons. The van der Waals surface area contributed by atoms with Crippen LogP contribution in [-0.4, -0.2) is 27.9 Å². The van der Waals surface area contributed by atoms with Crippen molar-refractivity contribution in [3.8, 4) is 11.3 Å². The van der Waals surface area contributed by atoms with Crippen molar-refractivity contribution in [3.63, 3.8) is 0 Å². The summed E-state index contributed by atoms with van der Waals surface area (Å²) in [4.78, 5) is 12.3. The van der Waals surface area contributed by atoms with Gasteiger partial charge in [-0.1, -0.05) is 24.3 Å². The number of anilines is 2. The minimum atomic E-state index is -4.40. The normalized spacial score (nSPS) is 11.5. The number of hydrogen-bond donors (Lipinski definition) is 2. The average Bonchev–Trinajstić information content (AvgIpc) is 2.89. The van der Waals surface area contributed by atoms with Crippen molar-refractivity contribution in [2.75, 3.05) is 5.32 Å². The molecule has 0 atom stereocenters. The van der Waals surface area contributed by atoms with Crippen LogP contribution in [0.1, 0.15) is 5.56 Å². The van der Waals surface area contributed by atoms with E-state index in [9.17, 15) is 26.0 Å². The van der Waals surface area contributed by atoms with Crippen LogP contribution >= 0.6 is 0 Å². The van der Waals surface area contributed by atoms with Gasteiger partial charge >= 0.3 is 6.18 Å². The highest BCUT2D eigenvalue weighted by molar-refractivity contribution is 7.85. The van der Waals surface area contributed by atoms with Crippen LogP contribution in [0.5, 0.6) is 0 Å². The van der Waals surface area contributed by atoms with Crippen LogP contribution in [0.15, 0.2) is 102 Å². The lowest BCUT2D eigenvalue weighted by Crippen LogP contribution is -2.04. The molecule has 0 amide bonds. The number of pyridine rings is 1. The number of halogens is 4. The van der Waals surface area contributed by atoms with E-state index in [-0.39, 0.29) is 10.5 Å². The molecule has 2 N–H and O–H groups in total. The molecule has 0 unspecified atom stereocenters. The first kappa shape index (κ1) is 26.6. The summed E-state index contributed by atoms with van der Waals surface area (Å²) in [5.74, 6) is -0.134. The summed E-state index contributed by atoms with van der Waals surface area (Å²) in [6.07, 6.45) is -1.53. The van der Waals surface area contributed by atoms with Crippen LogP contribution in [0, 0.1) is 5.82 Å². The first-order chi connectivity index (χ1) is 18.0. The SMILES string of the molecule is Fc1cc2cccnc2cc1-c1cc(Nc2ccc(C(F)(F)F)cc2)ncn1.O=S(=O)(O)c1ccccc1. The Balaban J connectivity index is 0.000000283. The van der Waals surface area contributed by atoms with Crippen molar-refractivity contribution in [1.82, 2.24) is 15.0 Å². The van der Waals surface area contributed by atoms with Gasteiger partial charge in [-0.2, -0.15) is 21.6 Å². The number of fused-ring (bicyclic) bond motifs is 1. The largest absolute Gasteiger partial charge is 0.416 e. The smallest absolute Gasteiger partial charge is 0.340 e. The van der Waals surface area contributed by atoms with Crippen molar-refractivity contribution >= 4 is 32.5 Å². The zero-order valence-corrected chi connectivity index (χ0v) is 20.1. The van der Waals surface area contributed by atoms with E-state index in [2.05, 4.69) is 20.3 Å². The number of alkyl halides is 3. The van der Waals surface area contributed by atoms with Gasteiger partial charge in [-0.05, 0) is 54.6 Å². The monoisotopic (exact) mass is 542 g/mol. The third-order valence-electron chi connectivity index (χ3n) is 5.16. The van der Waals surface area contributed by atoms with Crippen molar-refractivity contribution in [2.24, 2.45) is 0 Å². The van der Waals surface area contributed by atoms with Gasteiger partial charge in [-0.3, -0.25) is 9.54 Å². The first-order valence-corrected chi connectivity index (χ1v) is 12.3. The second-order valence-corrected chi connectivity index (χ2v) is 9.23. The van der Waals surface area contributed by atoms with E-state index in [0.29, 0.717) is 28.1 Å². The lowest BCUT2D eigenvalue weighted by Gasteiger charge is -2.10. The summed E-state index contributed by atoms with van der Waals surface area (Å²) in [5.41, 5.74) is 0.874. The van der Waals surface area contributed by atoms with Crippen LogP contribution in [-0.2, 0) is 16.3 Å². The maximum atomic E-state index is 14.5. The molecule has 194 valence electrons. The average molecular weight is 543 g/mol. The molecule has 3 aromatic carbocycles. The summed E-state index contributed by atoms with van der Waals surface area (Å²) < 4.78 is 81.7. The van der Waals surface area contributed by atoms with Gasteiger partial charge in [0.1, 0.15) is 18.0 Å². The topological polar surface area (TPSA) is 105 Å². The lowest BCUT2D eigenvalue weighted by atomic mass is 10.1. The molecule has 0 aliphatic heterocycles. The molecule has 7 nitrogen and oxygen atoms in total. The standard InChI is InChI=1S/C20H12F4N4.C6H6O3S/c21-16-8-12-2-1-7-25-17(12)9-15(16)18-10-19(27-11-26-18)28-14-5-3-13(4-6-14)20(22,23)24;7-10(8,9)6-4-2-1-3-5-6/h1-11H,(H,26,27,28);1-5H,(H,7,8,9). The summed E-state index contributed by atoms with van der Waals surface area (Å²) in [6.45, 7) is 0. The third kappa shape index (κ3) is 6.66. The van der Waals surface area contributed by atoms with Gasteiger partial charge in [-0.15, -0.1) is 0 Å². The molecule has 5 rings (SSSR count). The maximum Gasteiger partial charge on any atom is 0.416 e. The Labute approximate surface area is 214 Å². The summed E-state index contributed by atoms with van der Waals surface area (Å²) in [6, 6.07) is 19.9.